The third-order valence-corrected chi connectivity index (χ3v) is 8.39. The Balaban J connectivity index is 1.22. The monoisotopic (exact) mass is 544 g/mol. The van der Waals surface area contributed by atoms with Crippen LogP contribution in [0.1, 0.15) is 37.2 Å². The number of nitrogens with zero attached hydrogens (tertiary/aromatic N) is 3. The fourth-order valence-electron chi connectivity index (χ4n) is 6.07. The van der Waals surface area contributed by atoms with Crippen molar-refractivity contribution >= 4 is 39.9 Å². The summed E-state index contributed by atoms with van der Waals surface area (Å²) in [7, 11) is 0. The van der Waals surface area contributed by atoms with Crippen molar-refractivity contribution in [3.8, 4) is 0 Å². The van der Waals surface area contributed by atoms with E-state index < -0.39 is 18.3 Å². The number of aliphatic carboxylic acids is 1. The third-order valence-electron chi connectivity index (χ3n) is 7.95. The highest BCUT2D eigenvalue weighted by Crippen LogP contribution is 2.36. The minimum Gasteiger partial charge on any atom is -0.480 e. The Bertz CT molecular complexity index is 1270. The molecule has 2 fully saturated rings. The van der Waals surface area contributed by atoms with Crippen molar-refractivity contribution in [1.82, 2.24) is 14.8 Å². The molecule has 3 aromatic rings. The van der Waals surface area contributed by atoms with E-state index in [-0.39, 0.29) is 21.6 Å². The van der Waals surface area contributed by atoms with Crippen molar-refractivity contribution in [2.45, 2.75) is 43.9 Å². The van der Waals surface area contributed by atoms with Gasteiger partial charge in [0, 0.05) is 30.2 Å². The number of aromatic nitrogens is 1. The van der Waals surface area contributed by atoms with Gasteiger partial charge in [0.05, 0.1) is 5.69 Å². The number of carbonyl (C=O) groups is 1. The predicted octanol–water partition coefficient (Wildman–Crippen LogP) is 5.82. The highest BCUT2D eigenvalue weighted by molar-refractivity contribution is 7.80. The zero-order chi connectivity index (χ0) is 26.9. The van der Waals surface area contributed by atoms with Crippen LogP contribution in [-0.4, -0.2) is 69.5 Å². The Labute approximate surface area is 225 Å². The molecule has 3 heterocycles. The second-order valence-corrected chi connectivity index (χ2v) is 10.5. The Hall–Kier alpha value is -3.11. The number of likely N-dealkylation sites (tertiary alicyclic amines) is 2. The van der Waals surface area contributed by atoms with Gasteiger partial charge in [-0.05, 0) is 86.6 Å². The van der Waals surface area contributed by atoms with E-state index in [2.05, 4.69) is 28.2 Å². The van der Waals surface area contributed by atoms with Crippen molar-refractivity contribution in [1.29, 1.82) is 0 Å². The molecule has 0 bridgehead atoms. The lowest BCUT2D eigenvalue weighted by Gasteiger charge is -2.43. The molecule has 1 atom stereocenters. The Morgan fingerprint density at radius 2 is 1.61 bits per heavy atom. The lowest BCUT2D eigenvalue weighted by molar-refractivity contribution is -0.146. The number of para-hydroxylation sites is 2. The number of fused-ring (bicyclic) bond motifs is 1. The molecule has 2 aliphatic rings. The van der Waals surface area contributed by atoms with Crippen LogP contribution in [0.3, 0.4) is 0 Å². The van der Waals surface area contributed by atoms with E-state index in [0.717, 1.165) is 18.4 Å². The average molecular weight is 545 g/mol. The van der Waals surface area contributed by atoms with E-state index in [1.165, 1.54) is 23.1 Å². The molecule has 1 unspecified atom stereocenters. The number of halogens is 3. The normalized spacial score (nSPS) is 19.0. The smallest absolute Gasteiger partial charge is 0.480 e. The van der Waals surface area contributed by atoms with Crippen molar-refractivity contribution in [2.24, 2.45) is 5.92 Å². The molecule has 2 aromatic carbocycles. The molecule has 0 amide bonds. The summed E-state index contributed by atoms with van der Waals surface area (Å²) < 4.78 is 41.7. The maximum Gasteiger partial charge on any atom is 0.491 e. The standard InChI is InChI=1S/C28H31F3N4O2S/c29-28(30,31)35(21-6-2-1-3-7-21)27(38)34-16-12-20(13-17-34)25(26(36)37)33-14-10-19(11-15-33)23-18-32-24-9-5-4-8-22(23)24/h1-9,18-20,25,32H,10-17H2,(H,36,37). The minimum atomic E-state index is -4.66. The van der Waals surface area contributed by atoms with Gasteiger partial charge >= 0.3 is 12.3 Å². The number of hydrogen-bond acceptors (Lipinski definition) is 3. The third kappa shape index (κ3) is 5.37. The summed E-state index contributed by atoms with van der Waals surface area (Å²) in [6, 6.07) is 15.1. The first-order valence-electron chi connectivity index (χ1n) is 13.0. The number of alkyl halides is 3. The maximum atomic E-state index is 13.9. The van der Waals surface area contributed by atoms with Crippen LogP contribution >= 0.6 is 12.2 Å². The number of thiocarbonyl (C=S) groups is 1. The number of H-pyrrole nitrogens is 1. The molecule has 202 valence electrons. The number of nitrogens with one attached hydrogen (secondary N) is 1. The van der Waals surface area contributed by atoms with Gasteiger partial charge in [-0.1, -0.05) is 36.4 Å². The van der Waals surface area contributed by atoms with Gasteiger partial charge in [0.25, 0.3) is 0 Å². The fraction of sp³-hybridized carbons (Fsp3) is 0.429. The van der Waals surface area contributed by atoms with Crippen LogP contribution in [0.2, 0.25) is 0 Å². The SMILES string of the molecule is O=C(O)C(C1CCN(C(=S)N(c2ccccc2)C(F)(F)F)CC1)N1CCC(c2c[nH]c3ccccc23)CC1. The van der Waals surface area contributed by atoms with Crippen LogP contribution in [0, 0.1) is 5.92 Å². The van der Waals surface area contributed by atoms with Gasteiger partial charge in [-0.2, -0.15) is 0 Å². The fourth-order valence-corrected chi connectivity index (χ4v) is 6.46. The van der Waals surface area contributed by atoms with E-state index in [1.807, 2.05) is 12.1 Å². The number of rotatable bonds is 5. The molecule has 0 spiro atoms. The number of carboxylic acid groups (broad SMARTS) is 1. The van der Waals surface area contributed by atoms with Crippen molar-refractivity contribution in [3.63, 3.8) is 0 Å². The van der Waals surface area contributed by atoms with Gasteiger partial charge in [-0.3, -0.25) is 9.69 Å². The Morgan fingerprint density at radius 1 is 0.974 bits per heavy atom. The van der Waals surface area contributed by atoms with Crippen molar-refractivity contribution < 1.29 is 23.1 Å². The second-order valence-electron chi connectivity index (χ2n) is 10.1. The van der Waals surface area contributed by atoms with E-state index in [9.17, 15) is 23.1 Å². The molecule has 38 heavy (non-hydrogen) atoms. The van der Waals surface area contributed by atoms with Crippen LogP contribution in [0.4, 0.5) is 18.9 Å². The molecule has 5 rings (SSSR count). The highest BCUT2D eigenvalue weighted by atomic mass is 32.1. The zero-order valence-corrected chi connectivity index (χ0v) is 21.7. The molecule has 2 aliphatic heterocycles. The van der Waals surface area contributed by atoms with Gasteiger partial charge in [-0.25, -0.2) is 4.90 Å². The quantitative estimate of drug-likeness (QED) is 0.312. The van der Waals surface area contributed by atoms with Crippen molar-refractivity contribution in [2.75, 3.05) is 31.1 Å². The van der Waals surface area contributed by atoms with Gasteiger partial charge in [0.15, 0.2) is 5.11 Å². The minimum absolute atomic E-state index is 0.0337. The number of aromatic amines is 1. The maximum absolute atomic E-state index is 13.9. The second kappa shape index (κ2) is 10.9. The molecular formula is C28H31F3N4O2S. The molecule has 10 heteroatoms. The van der Waals surface area contributed by atoms with Crippen LogP contribution in [0.25, 0.3) is 10.9 Å². The molecule has 0 aliphatic carbocycles. The molecular weight excluding hydrogens is 513 g/mol. The van der Waals surface area contributed by atoms with E-state index >= 15 is 0 Å². The highest BCUT2D eigenvalue weighted by Gasteiger charge is 2.44. The summed E-state index contributed by atoms with van der Waals surface area (Å²) in [5, 5.41) is 11.1. The first kappa shape index (κ1) is 26.5. The summed E-state index contributed by atoms with van der Waals surface area (Å²) in [5.74, 6) is -0.646. The first-order chi connectivity index (χ1) is 18.2. The van der Waals surface area contributed by atoms with Gasteiger partial charge in [0.1, 0.15) is 6.04 Å². The number of hydrogen-bond donors (Lipinski definition) is 2. The lowest BCUT2D eigenvalue weighted by Crippen LogP contribution is -2.55. The number of piperidine rings is 2. The number of carboxylic acids is 1. The van der Waals surface area contributed by atoms with Crippen LogP contribution < -0.4 is 4.90 Å². The summed E-state index contributed by atoms with van der Waals surface area (Å²) in [4.78, 5) is 19.5. The van der Waals surface area contributed by atoms with E-state index in [4.69, 9.17) is 12.2 Å². The van der Waals surface area contributed by atoms with Gasteiger partial charge < -0.3 is 15.0 Å². The summed E-state index contributed by atoms with van der Waals surface area (Å²) in [6.07, 6.45) is 0.0876. The Morgan fingerprint density at radius 3 is 2.24 bits per heavy atom. The molecule has 2 N–H and O–H groups in total. The van der Waals surface area contributed by atoms with Gasteiger partial charge in [0.2, 0.25) is 0 Å². The molecule has 0 saturated carbocycles. The van der Waals surface area contributed by atoms with Crippen LogP contribution in [0.5, 0.6) is 0 Å². The summed E-state index contributed by atoms with van der Waals surface area (Å²) in [6.45, 7) is 1.93. The average Bonchev–Trinajstić information content (AvgIpc) is 3.34. The van der Waals surface area contributed by atoms with Gasteiger partial charge in [-0.15, -0.1) is 13.2 Å². The van der Waals surface area contributed by atoms with E-state index in [0.29, 0.717) is 44.9 Å². The zero-order valence-electron chi connectivity index (χ0n) is 20.9. The Kier molecular flexibility index (Phi) is 7.63. The van der Waals surface area contributed by atoms with Crippen LogP contribution in [0.15, 0.2) is 60.8 Å². The molecule has 2 saturated heterocycles. The molecule has 6 nitrogen and oxygen atoms in total. The predicted molar refractivity (Wildman–Crippen MR) is 145 cm³/mol. The van der Waals surface area contributed by atoms with Crippen LogP contribution in [-0.2, 0) is 4.79 Å². The largest absolute Gasteiger partial charge is 0.491 e. The number of anilines is 1. The molecule has 0 radical (unpaired) electrons. The summed E-state index contributed by atoms with van der Waals surface area (Å²) >= 11 is 5.29. The van der Waals surface area contributed by atoms with Crippen molar-refractivity contribution in [3.05, 3.63) is 66.4 Å². The number of benzene rings is 2. The first-order valence-corrected chi connectivity index (χ1v) is 13.4. The topological polar surface area (TPSA) is 62.8 Å². The molecule has 1 aromatic heterocycles. The summed E-state index contributed by atoms with van der Waals surface area (Å²) in [5.41, 5.74) is 2.35. The lowest BCUT2D eigenvalue weighted by atomic mass is 9.84. The van der Waals surface area contributed by atoms with E-state index in [1.54, 1.807) is 23.1 Å².